The summed E-state index contributed by atoms with van der Waals surface area (Å²) >= 11 is 0. The summed E-state index contributed by atoms with van der Waals surface area (Å²) in [4.78, 5) is 27.2. The molecule has 1 aliphatic rings. The van der Waals surface area contributed by atoms with Crippen molar-refractivity contribution in [3.63, 3.8) is 0 Å². The van der Waals surface area contributed by atoms with E-state index >= 15 is 0 Å². The van der Waals surface area contributed by atoms with E-state index in [4.69, 9.17) is 9.47 Å². The quantitative estimate of drug-likeness (QED) is 0.680. The molecule has 158 valence electrons. The van der Waals surface area contributed by atoms with Crippen molar-refractivity contribution in [1.29, 1.82) is 0 Å². The van der Waals surface area contributed by atoms with Crippen LogP contribution in [0.4, 0.5) is 0 Å². The van der Waals surface area contributed by atoms with Gasteiger partial charge in [-0.25, -0.2) is 4.79 Å². The number of nitrogens with one attached hydrogen (secondary N) is 1. The van der Waals surface area contributed by atoms with Crippen LogP contribution >= 0.6 is 0 Å². The first kappa shape index (κ1) is 21.4. The molecular formula is C24H28N2O4. The second kappa shape index (κ2) is 10.5. The number of carbonyl (C=O) groups excluding carboxylic acids is 2. The zero-order chi connectivity index (χ0) is 21.3. The molecule has 1 amide bonds. The summed E-state index contributed by atoms with van der Waals surface area (Å²) in [7, 11) is 1.59. The molecule has 30 heavy (non-hydrogen) atoms. The summed E-state index contributed by atoms with van der Waals surface area (Å²) in [5, 5.41) is 3.40. The minimum Gasteiger partial charge on any atom is -0.497 e. The zero-order valence-electron chi connectivity index (χ0n) is 17.5. The maximum absolute atomic E-state index is 12.9. The van der Waals surface area contributed by atoms with Crippen LogP contribution in [0.2, 0.25) is 0 Å². The van der Waals surface area contributed by atoms with E-state index in [1.807, 2.05) is 18.2 Å². The Morgan fingerprint density at radius 2 is 1.80 bits per heavy atom. The van der Waals surface area contributed by atoms with E-state index < -0.39 is 0 Å². The number of rotatable bonds is 8. The lowest BCUT2D eigenvalue weighted by molar-refractivity contribution is -0.138. The van der Waals surface area contributed by atoms with Crippen LogP contribution in [-0.2, 0) is 16.0 Å². The molecule has 0 saturated heterocycles. The summed E-state index contributed by atoms with van der Waals surface area (Å²) in [5.41, 5.74) is 3.19. The van der Waals surface area contributed by atoms with Gasteiger partial charge in [-0.3, -0.25) is 4.79 Å². The van der Waals surface area contributed by atoms with Crippen molar-refractivity contribution in [3.8, 4) is 5.75 Å². The lowest BCUT2D eigenvalue weighted by atomic mass is 10.0. The standard InChI is InChI=1S/C24H28N2O4/c1-3-30-24(28)21-17-26(23(27)19-9-11-20(29-2)12-10-19)16-14-22(21)25-15-13-18-7-5-4-6-8-18/h4-12,25H,3,13-17H2,1-2H3. The number of amides is 1. The number of carbonyl (C=O) groups is 2. The fraction of sp³-hybridized carbons (Fsp3) is 0.333. The maximum Gasteiger partial charge on any atom is 0.337 e. The van der Waals surface area contributed by atoms with Crippen molar-refractivity contribution < 1.29 is 19.1 Å². The van der Waals surface area contributed by atoms with Gasteiger partial charge in [0.1, 0.15) is 5.75 Å². The second-order valence-electron chi connectivity index (χ2n) is 7.05. The van der Waals surface area contributed by atoms with Crippen molar-refractivity contribution in [2.24, 2.45) is 0 Å². The first-order valence-corrected chi connectivity index (χ1v) is 10.2. The highest BCUT2D eigenvalue weighted by atomic mass is 16.5. The largest absolute Gasteiger partial charge is 0.497 e. The van der Waals surface area contributed by atoms with Crippen LogP contribution in [-0.4, -0.2) is 50.1 Å². The lowest BCUT2D eigenvalue weighted by Gasteiger charge is -2.30. The Bertz CT molecular complexity index is 891. The molecule has 1 aliphatic heterocycles. The minimum absolute atomic E-state index is 0.109. The van der Waals surface area contributed by atoms with Gasteiger partial charge in [-0.2, -0.15) is 0 Å². The Morgan fingerprint density at radius 1 is 1.07 bits per heavy atom. The molecule has 0 aromatic heterocycles. The Balaban J connectivity index is 1.70. The second-order valence-corrected chi connectivity index (χ2v) is 7.05. The third-order valence-electron chi connectivity index (χ3n) is 5.09. The van der Waals surface area contributed by atoms with Crippen LogP contribution < -0.4 is 10.1 Å². The minimum atomic E-state index is -0.369. The molecule has 6 heteroatoms. The Labute approximate surface area is 177 Å². The molecule has 6 nitrogen and oxygen atoms in total. The number of esters is 1. The van der Waals surface area contributed by atoms with Crippen molar-refractivity contribution >= 4 is 11.9 Å². The number of hydrogen-bond acceptors (Lipinski definition) is 5. The van der Waals surface area contributed by atoms with E-state index in [1.54, 1.807) is 43.2 Å². The van der Waals surface area contributed by atoms with E-state index in [-0.39, 0.29) is 18.4 Å². The fourth-order valence-electron chi connectivity index (χ4n) is 3.46. The molecule has 0 unspecified atom stereocenters. The Morgan fingerprint density at radius 3 is 2.47 bits per heavy atom. The summed E-state index contributed by atoms with van der Waals surface area (Å²) in [6.07, 6.45) is 1.44. The molecular weight excluding hydrogens is 380 g/mol. The number of nitrogens with zero attached hydrogens (tertiary/aromatic N) is 1. The first-order valence-electron chi connectivity index (χ1n) is 10.2. The van der Waals surface area contributed by atoms with Gasteiger partial charge >= 0.3 is 5.97 Å². The Hall–Kier alpha value is -3.28. The highest BCUT2D eigenvalue weighted by Crippen LogP contribution is 2.21. The van der Waals surface area contributed by atoms with E-state index in [0.717, 1.165) is 12.1 Å². The van der Waals surface area contributed by atoms with Crippen molar-refractivity contribution in [2.75, 3.05) is 33.4 Å². The third-order valence-corrected chi connectivity index (χ3v) is 5.09. The van der Waals surface area contributed by atoms with Crippen LogP contribution in [0.5, 0.6) is 5.75 Å². The van der Waals surface area contributed by atoms with Gasteiger partial charge in [0.25, 0.3) is 5.91 Å². The zero-order valence-corrected chi connectivity index (χ0v) is 17.5. The van der Waals surface area contributed by atoms with Gasteiger partial charge in [-0.1, -0.05) is 30.3 Å². The Kier molecular flexibility index (Phi) is 7.49. The van der Waals surface area contributed by atoms with Crippen LogP contribution in [0.3, 0.4) is 0 Å². The highest BCUT2D eigenvalue weighted by molar-refractivity contribution is 5.97. The average molecular weight is 408 g/mol. The number of methoxy groups -OCH3 is 1. The molecule has 1 heterocycles. The van der Waals surface area contributed by atoms with Gasteiger partial charge in [0.2, 0.25) is 0 Å². The van der Waals surface area contributed by atoms with Crippen LogP contribution in [0.1, 0.15) is 29.3 Å². The van der Waals surface area contributed by atoms with Gasteiger partial charge < -0.3 is 19.7 Å². The predicted octanol–water partition coefficient (Wildman–Crippen LogP) is 3.19. The van der Waals surface area contributed by atoms with Crippen molar-refractivity contribution in [2.45, 2.75) is 19.8 Å². The van der Waals surface area contributed by atoms with Crippen molar-refractivity contribution in [3.05, 3.63) is 77.0 Å². The number of hydrogen-bond donors (Lipinski definition) is 1. The molecule has 0 fully saturated rings. The maximum atomic E-state index is 12.9. The summed E-state index contributed by atoms with van der Waals surface area (Å²) in [6, 6.07) is 17.2. The molecule has 0 radical (unpaired) electrons. The molecule has 1 N–H and O–H groups in total. The van der Waals surface area contributed by atoms with Crippen LogP contribution in [0, 0.1) is 0 Å². The molecule has 0 atom stereocenters. The number of benzene rings is 2. The predicted molar refractivity (Wildman–Crippen MR) is 115 cm³/mol. The molecule has 0 saturated carbocycles. The van der Waals surface area contributed by atoms with E-state index in [9.17, 15) is 9.59 Å². The van der Waals surface area contributed by atoms with Gasteiger partial charge in [0.05, 0.1) is 25.8 Å². The molecule has 2 aromatic carbocycles. The summed E-state index contributed by atoms with van der Waals surface area (Å²) < 4.78 is 10.4. The van der Waals surface area contributed by atoms with E-state index in [1.165, 1.54) is 5.56 Å². The molecule has 0 bridgehead atoms. The van der Waals surface area contributed by atoms with Gasteiger partial charge in [-0.05, 0) is 43.2 Å². The summed E-state index contributed by atoms with van der Waals surface area (Å²) in [6.45, 7) is 3.57. The van der Waals surface area contributed by atoms with Gasteiger partial charge in [-0.15, -0.1) is 0 Å². The fourth-order valence-corrected chi connectivity index (χ4v) is 3.46. The smallest absolute Gasteiger partial charge is 0.337 e. The monoisotopic (exact) mass is 408 g/mol. The average Bonchev–Trinajstić information content (AvgIpc) is 2.79. The topological polar surface area (TPSA) is 67.9 Å². The normalized spacial score (nSPS) is 13.7. The van der Waals surface area contributed by atoms with E-state index in [0.29, 0.717) is 43.0 Å². The number of ether oxygens (including phenoxy) is 2. The molecule has 2 aromatic rings. The van der Waals surface area contributed by atoms with Gasteiger partial charge in [0.15, 0.2) is 0 Å². The lowest BCUT2D eigenvalue weighted by Crippen LogP contribution is -2.41. The molecule has 0 spiro atoms. The van der Waals surface area contributed by atoms with E-state index in [2.05, 4.69) is 17.4 Å². The van der Waals surface area contributed by atoms with Crippen LogP contribution in [0.15, 0.2) is 65.9 Å². The first-order chi connectivity index (χ1) is 14.6. The highest BCUT2D eigenvalue weighted by Gasteiger charge is 2.28. The molecule has 0 aliphatic carbocycles. The summed E-state index contributed by atoms with van der Waals surface area (Å²) in [5.74, 6) is 0.219. The SMILES string of the molecule is CCOC(=O)C1=C(NCCc2ccccc2)CCN(C(=O)c2ccc(OC)cc2)C1. The molecule has 3 rings (SSSR count). The van der Waals surface area contributed by atoms with Gasteiger partial charge in [0, 0.05) is 30.8 Å². The van der Waals surface area contributed by atoms with Crippen molar-refractivity contribution in [1.82, 2.24) is 10.2 Å². The third kappa shape index (κ3) is 5.41. The van der Waals surface area contributed by atoms with Crippen LogP contribution in [0.25, 0.3) is 0 Å².